The number of hydrogen-bond donors (Lipinski definition) is 2. The van der Waals surface area contributed by atoms with Crippen molar-refractivity contribution in [2.45, 2.75) is 26.2 Å². The summed E-state index contributed by atoms with van der Waals surface area (Å²) < 4.78 is 5.30. The molecule has 1 aliphatic rings. The Morgan fingerprint density at radius 1 is 1.24 bits per heavy atom. The van der Waals surface area contributed by atoms with Crippen LogP contribution in [0.2, 0.25) is 0 Å². The van der Waals surface area contributed by atoms with E-state index in [-0.39, 0.29) is 12.6 Å². The zero-order chi connectivity index (χ0) is 23.6. The number of nitrogens with one attached hydrogen (secondary N) is 2. The van der Waals surface area contributed by atoms with Gasteiger partial charge >= 0.3 is 5.97 Å². The molecule has 4 rings (SSSR count). The number of carbonyl (C=O) groups is 1. The van der Waals surface area contributed by atoms with Gasteiger partial charge < -0.3 is 15.4 Å². The molecule has 1 unspecified atom stereocenters. The standard InChI is InChI=1S/C25H22N6O2/c1-15-4-5-17(11-26)8-22(15)31-24-28-7-6-21(30-24)18-9-19(12-27)23-20(10-18)25(3,13-29-23)14-33-16(2)32/h4-10,29H,13-14H2,1-3H3,(H,28,30,31). The van der Waals surface area contributed by atoms with E-state index in [0.29, 0.717) is 29.3 Å². The van der Waals surface area contributed by atoms with Crippen LogP contribution in [0.1, 0.15) is 36.1 Å². The summed E-state index contributed by atoms with van der Waals surface area (Å²) in [6, 6.07) is 15.3. The summed E-state index contributed by atoms with van der Waals surface area (Å²) >= 11 is 0. The molecule has 2 aromatic carbocycles. The van der Waals surface area contributed by atoms with Gasteiger partial charge in [-0.05, 0) is 48.4 Å². The van der Waals surface area contributed by atoms with Gasteiger partial charge in [-0.15, -0.1) is 0 Å². The molecular weight excluding hydrogens is 416 g/mol. The highest BCUT2D eigenvalue weighted by Crippen LogP contribution is 2.41. The normalized spacial score (nSPS) is 16.2. The van der Waals surface area contributed by atoms with Gasteiger partial charge in [0.2, 0.25) is 5.95 Å². The van der Waals surface area contributed by atoms with E-state index < -0.39 is 5.41 Å². The van der Waals surface area contributed by atoms with Crippen molar-refractivity contribution in [2.24, 2.45) is 0 Å². The third-order valence-electron chi connectivity index (χ3n) is 5.72. The van der Waals surface area contributed by atoms with E-state index in [9.17, 15) is 15.3 Å². The molecule has 33 heavy (non-hydrogen) atoms. The Bertz CT molecular complexity index is 1340. The number of hydrogen-bond acceptors (Lipinski definition) is 8. The van der Waals surface area contributed by atoms with E-state index in [4.69, 9.17) is 4.74 Å². The molecule has 0 spiro atoms. The van der Waals surface area contributed by atoms with E-state index in [1.54, 1.807) is 30.5 Å². The number of benzene rings is 2. The van der Waals surface area contributed by atoms with E-state index in [2.05, 4.69) is 32.7 Å². The first kappa shape index (κ1) is 21.8. The molecule has 0 aliphatic carbocycles. The lowest BCUT2D eigenvalue weighted by atomic mass is 9.83. The largest absolute Gasteiger partial charge is 0.465 e. The van der Waals surface area contributed by atoms with E-state index >= 15 is 0 Å². The lowest BCUT2D eigenvalue weighted by Gasteiger charge is -2.24. The average molecular weight is 438 g/mol. The number of nitrogens with zero attached hydrogens (tertiary/aromatic N) is 4. The summed E-state index contributed by atoms with van der Waals surface area (Å²) in [7, 11) is 0. The van der Waals surface area contributed by atoms with Gasteiger partial charge in [0.25, 0.3) is 0 Å². The Hall–Kier alpha value is -4.43. The first-order chi connectivity index (χ1) is 15.8. The minimum Gasteiger partial charge on any atom is -0.465 e. The Morgan fingerprint density at radius 2 is 2.06 bits per heavy atom. The molecule has 1 aromatic heterocycles. The second kappa shape index (κ2) is 8.60. The maximum absolute atomic E-state index is 11.4. The fraction of sp³-hybridized carbons (Fsp3) is 0.240. The molecule has 2 N–H and O–H groups in total. The fourth-order valence-electron chi connectivity index (χ4n) is 3.84. The third-order valence-corrected chi connectivity index (χ3v) is 5.72. The first-order valence-corrected chi connectivity index (χ1v) is 10.4. The van der Waals surface area contributed by atoms with Crippen LogP contribution in [0.4, 0.5) is 17.3 Å². The minimum atomic E-state index is -0.467. The monoisotopic (exact) mass is 438 g/mol. The van der Waals surface area contributed by atoms with Gasteiger partial charge in [0, 0.05) is 36.3 Å². The molecule has 3 aromatic rings. The van der Waals surface area contributed by atoms with Crippen molar-refractivity contribution in [1.82, 2.24) is 9.97 Å². The molecule has 8 nitrogen and oxygen atoms in total. The number of esters is 1. The Labute approximate surface area is 191 Å². The Balaban J connectivity index is 1.72. The molecule has 8 heteroatoms. The molecule has 164 valence electrons. The number of aryl methyl sites for hydroxylation is 1. The lowest BCUT2D eigenvalue weighted by molar-refractivity contribution is -0.142. The summed E-state index contributed by atoms with van der Waals surface area (Å²) in [4.78, 5) is 20.3. The molecule has 0 bridgehead atoms. The molecule has 2 heterocycles. The van der Waals surface area contributed by atoms with Gasteiger partial charge in [-0.1, -0.05) is 13.0 Å². The number of fused-ring (bicyclic) bond motifs is 1. The van der Waals surface area contributed by atoms with Gasteiger partial charge in [-0.2, -0.15) is 10.5 Å². The molecule has 0 radical (unpaired) electrons. The summed E-state index contributed by atoms with van der Waals surface area (Å²) in [5, 5.41) is 25.4. The summed E-state index contributed by atoms with van der Waals surface area (Å²) in [6.07, 6.45) is 1.64. The number of nitriles is 2. The van der Waals surface area contributed by atoms with Crippen LogP contribution in [0.3, 0.4) is 0 Å². The SMILES string of the molecule is CC(=O)OCC1(C)CNc2c(C#N)cc(-c3ccnc(Nc4cc(C#N)ccc4C)n3)cc21. The Kier molecular flexibility index (Phi) is 5.68. The van der Waals surface area contributed by atoms with Crippen LogP contribution < -0.4 is 10.6 Å². The molecule has 0 saturated carbocycles. The zero-order valence-electron chi connectivity index (χ0n) is 18.6. The molecule has 1 aliphatic heterocycles. The Morgan fingerprint density at radius 3 is 2.79 bits per heavy atom. The maximum Gasteiger partial charge on any atom is 0.302 e. The highest BCUT2D eigenvalue weighted by atomic mass is 16.5. The van der Waals surface area contributed by atoms with Crippen molar-refractivity contribution in [3.63, 3.8) is 0 Å². The van der Waals surface area contributed by atoms with Gasteiger partial charge in [-0.3, -0.25) is 4.79 Å². The quantitative estimate of drug-likeness (QED) is 0.569. The van der Waals surface area contributed by atoms with Gasteiger partial charge in [-0.25, -0.2) is 9.97 Å². The number of rotatable bonds is 5. The first-order valence-electron chi connectivity index (χ1n) is 10.4. The minimum absolute atomic E-state index is 0.210. The second-order valence-electron chi connectivity index (χ2n) is 8.28. The number of ether oxygens (including phenoxy) is 1. The van der Waals surface area contributed by atoms with Crippen LogP contribution in [-0.4, -0.2) is 29.1 Å². The lowest BCUT2D eigenvalue weighted by Crippen LogP contribution is -2.31. The predicted octanol–water partition coefficient (Wildman–Crippen LogP) is 4.19. The number of aromatic nitrogens is 2. The van der Waals surface area contributed by atoms with Crippen molar-refractivity contribution in [2.75, 3.05) is 23.8 Å². The van der Waals surface area contributed by atoms with Crippen molar-refractivity contribution in [1.29, 1.82) is 10.5 Å². The fourth-order valence-corrected chi connectivity index (χ4v) is 3.84. The van der Waals surface area contributed by atoms with Gasteiger partial charge in [0.05, 0.1) is 28.6 Å². The van der Waals surface area contributed by atoms with Crippen LogP contribution >= 0.6 is 0 Å². The van der Waals surface area contributed by atoms with E-state index in [0.717, 1.165) is 28.1 Å². The average Bonchev–Trinajstić information content (AvgIpc) is 3.16. The van der Waals surface area contributed by atoms with Crippen LogP contribution in [0, 0.1) is 29.6 Å². The smallest absolute Gasteiger partial charge is 0.302 e. The highest BCUT2D eigenvalue weighted by molar-refractivity contribution is 5.77. The van der Waals surface area contributed by atoms with Gasteiger partial charge in [0.1, 0.15) is 12.7 Å². The second-order valence-corrected chi connectivity index (χ2v) is 8.28. The summed E-state index contributed by atoms with van der Waals surface area (Å²) in [6.45, 7) is 6.08. The number of carbonyl (C=O) groups excluding carboxylic acids is 1. The number of anilines is 3. The van der Waals surface area contributed by atoms with Crippen LogP contribution in [0.5, 0.6) is 0 Å². The van der Waals surface area contributed by atoms with Crippen molar-refractivity contribution >= 4 is 23.3 Å². The van der Waals surface area contributed by atoms with Crippen molar-refractivity contribution in [3.05, 3.63) is 64.8 Å². The molecule has 0 fully saturated rings. The van der Waals surface area contributed by atoms with Gasteiger partial charge in [0.15, 0.2) is 0 Å². The van der Waals surface area contributed by atoms with Crippen molar-refractivity contribution < 1.29 is 9.53 Å². The van der Waals surface area contributed by atoms with Crippen LogP contribution in [-0.2, 0) is 14.9 Å². The van der Waals surface area contributed by atoms with E-state index in [1.165, 1.54) is 6.92 Å². The van der Waals surface area contributed by atoms with Crippen LogP contribution in [0.15, 0.2) is 42.6 Å². The van der Waals surface area contributed by atoms with E-state index in [1.807, 2.05) is 26.0 Å². The van der Waals surface area contributed by atoms with Crippen LogP contribution in [0.25, 0.3) is 11.3 Å². The summed E-state index contributed by atoms with van der Waals surface area (Å²) in [5.41, 5.74) is 5.34. The highest BCUT2D eigenvalue weighted by Gasteiger charge is 2.37. The zero-order valence-corrected chi connectivity index (χ0v) is 18.6. The van der Waals surface area contributed by atoms with Crippen molar-refractivity contribution in [3.8, 4) is 23.4 Å². The topological polar surface area (TPSA) is 124 Å². The molecule has 0 saturated heterocycles. The molecule has 0 amide bonds. The molecule has 1 atom stereocenters. The maximum atomic E-state index is 11.4. The third kappa shape index (κ3) is 4.32. The molecular formula is C25H22N6O2. The predicted molar refractivity (Wildman–Crippen MR) is 124 cm³/mol. The summed E-state index contributed by atoms with van der Waals surface area (Å²) in [5.74, 6) is 0.0362.